The molecule has 0 atom stereocenters. The van der Waals surface area contributed by atoms with Crippen molar-refractivity contribution in [2.75, 3.05) is 5.32 Å². The van der Waals surface area contributed by atoms with Gasteiger partial charge < -0.3 is 0 Å². The summed E-state index contributed by atoms with van der Waals surface area (Å²) in [5.74, 6) is -0.663. The molecule has 2 heterocycles. The molecule has 2 rings (SSSR count). The van der Waals surface area contributed by atoms with Crippen molar-refractivity contribution in [2.45, 2.75) is 0 Å². The highest BCUT2D eigenvalue weighted by molar-refractivity contribution is 9.11. The van der Waals surface area contributed by atoms with Gasteiger partial charge in [0, 0.05) is 7.05 Å². The Morgan fingerprint density at radius 1 is 1.67 bits per heavy atom. The summed E-state index contributed by atoms with van der Waals surface area (Å²) in [6, 6.07) is 0. The molecule has 10 heteroatoms. The molecule has 0 aliphatic carbocycles. The van der Waals surface area contributed by atoms with Crippen molar-refractivity contribution in [3.05, 3.63) is 32.0 Å². The lowest BCUT2D eigenvalue weighted by Crippen LogP contribution is -2.14. The lowest BCUT2D eigenvalue weighted by Gasteiger charge is -1.97. The molecule has 2 aromatic heterocycles. The standard InChI is InChI=1S/C8H6BrN5O3S/c1-13-3-4(14(16)17)6(12-13)7(15)11-8-10-2-5(9)18-8/h2-3H,1H3,(H,10,11,15). The molecule has 2 aromatic rings. The molecule has 94 valence electrons. The predicted molar refractivity (Wildman–Crippen MR) is 67.6 cm³/mol. The van der Waals surface area contributed by atoms with Crippen LogP contribution in [0.15, 0.2) is 16.2 Å². The predicted octanol–water partition coefficient (Wildman–Crippen LogP) is 1.80. The Balaban J connectivity index is 2.26. The zero-order chi connectivity index (χ0) is 13.3. The van der Waals surface area contributed by atoms with Crippen LogP contribution in [0.25, 0.3) is 0 Å². The Bertz CT molecular complexity index is 622. The van der Waals surface area contributed by atoms with Crippen molar-refractivity contribution in [3.63, 3.8) is 0 Å². The molecule has 0 radical (unpaired) electrons. The van der Waals surface area contributed by atoms with E-state index in [2.05, 4.69) is 31.3 Å². The number of hydrogen-bond donors (Lipinski definition) is 1. The molecule has 0 aliphatic heterocycles. The largest absolute Gasteiger partial charge is 0.320 e. The number of carbonyl (C=O) groups is 1. The lowest BCUT2D eigenvalue weighted by atomic mass is 10.3. The topological polar surface area (TPSA) is 103 Å². The normalized spacial score (nSPS) is 10.3. The third kappa shape index (κ3) is 2.54. The number of nitrogens with one attached hydrogen (secondary N) is 1. The van der Waals surface area contributed by atoms with Gasteiger partial charge in [-0.05, 0) is 15.9 Å². The van der Waals surface area contributed by atoms with Crippen LogP contribution >= 0.6 is 27.3 Å². The molecule has 0 unspecified atom stereocenters. The molecule has 18 heavy (non-hydrogen) atoms. The van der Waals surface area contributed by atoms with Gasteiger partial charge in [0.25, 0.3) is 5.91 Å². The first-order valence-electron chi connectivity index (χ1n) is 4.58. The zero-order valence-electron chi connectivity index (χ0n) is 8.95. The van der Waals surface area contributed by atoms with Gasteiger partial charge in [0.05, 0.1) is 14.9 Å². The van der Waals surface area contributed by atoms with Crippen LogP contribution in [0, 0.1) is 10.1 Å². The fourth-order valence-corrected chi connectivity index (χ4v) is 2.34. The lowest BCUT2D eigenvalue weighted by molar-refractivity contribution is -0.385. The second kappa shape index (κ2) is 4.82. The maximum Gasteiger partial charge on any atom is 0.320 e. The van der Waals surface area contributed by atoms with Gasteiger partial charge in [0.2, 0.25) is 5.69 Å². The first kappa shape index (κ1) is 12.6. The summed E-state index contributed by atoms with van der Waals surface area (Å²) in [5.41, 5.74) is -0.584. The van der Waals surface area contributed by atoms with Gasteiger partial charge in [0.15, 0.2) is 5.13 Å². The van der Waals surface area contributed by atoms with Crippen molar-refractivity contribution >= 4 is 44.0 Å². The number of aryl methyl sites for hydroxylation is 1. The van der Waals surface area contributed by atoms with Crippen LogP contribution in [-0.2, 0) is 7.05 Å². The van der Waals surface area contributed by atoms with E-state index in [-0.39, 0.29) is 11.4 Å². The molecule has 1 amide bonds. The van der Waals surface area contributed by atoms with Crippen molar-refractivity contribution in [1.82, 2.24) is 14.8 Å². The minimum absolute atomic E-state index is 0.242. The number of carbonyl (C=O) groups excluding carboxylic acids is 1. The number of hydrogen-bond acceptors (Lipinski definition) is 6. The van der Waals surface area contributed by atoms with Crippen LogP contribution in [0.4, 0.5) is 10.8 Å². The Morgan fingerprint density at radius 3 is 2.94 bits per heavy atom. The Hall–Kier alpha value is -1.81. The van der Waals surface area contributed by atoms with Crippen LogP contribution in [-0.4, -0.2) is 25.6 Å². The van der Waals surface area contributed by atoms with E-state index in [0.717, 1.165) is 3.79 Å². The number of aromatic nitrogens is 3. The van der Waals surface area contributed by atoms with E-state index in [4.69, 9.17) is 0 Å². The average Bonchev–Trinajstić information content (AvgIpc) is 2.85. The molecule has 1 N–H and O–H groups in total. The van der Waals surface area contributed by atoms with Crippen LogP contribution in [0.3, 0.4) is 0 Å². The monoisotopic (exact) mass is 331 g/mol. The first-order chi connectivity index (χ1) is 8.47. The molecule has 0 bridgehead atoms. The summed E-state index contributed by atoms with van der Waals surface area (Å²) in [7, 11) is 1.50. The number of anilines is 1. The van der Waals surface area contributed by atoms with E-state index in [9.17, 15) is 14.9 Å². The fraction of sp³-hybridized carbons (Fsp3) is 0.125. The number of halogens is 1. The Labute approximate surface area is 113 Å². The highest BCUT2D eigenvalue weighted by atomic mass is 79.9. The van der Waals surface area contributed by atoms with E-state index < -0.39 is 10.8 Å². The molecular formula is C8H6BrN5O3S. The molecule has 0 aromatic carbocycles. The molecule has 0 saturated carbocycles. The van der Waals surface area contributed by atoms with Crippen molar-refractivity contribution in [1.29, 1.82) is 0 Å². The van der Waals surface area contributed by atoms with E-state index in [1.807, 2.05) is 0 Å². The maximum absolute atomic E-state index is 11.8. The van der Waals surface area contributed by atoms with Crippen molar-refractivity contribution in [3.8, 4) is 0 Å². The highest BCUT2D eigenvalue weighted by Crippen LogP contribution is 2.24. The van der Waals surface area contributed by atoms with Gasteiger partial charge in [-0.2, -0.15) is 5.10 Å². The summed E-state index contributed by atoms with van der Waals surface area (Å²) in [6.45, 7) is 0. The van der Waals surface area contributed by atoms with Gasteiger partial charge >= 0.3 is 5.69 Å². The minimum Gasteiger partial charge on any atom is -0.296 e. The van der Waals surface area contributed by atoms with Gasteiger partial charge in [-0.3, -0.25) is 24.9 Å². The smallest absolute Gasteiger partial charge is 0.296 e. The van der Waals surface area contributed by atoms with E-state index in [0.29, 0.717) is 5.13 Å². The van der Waals surface area contributed by atoms with Gasteiger partial charge in [-0.15, -0.1) is 0 Å². The number of amides is 1. The van der Waals surface area contributed by atoms with Gasteiger partial charge in [-0.25, -0.2) is 4.98 Å². The van der Waals surface area contributed by atoms with Crippen molar-refractivity contribution < 1.29 is 9.72 Å². The number of nitrogens with zero attached hydrogens (tertiary/aromatic N) is 4. The second-order valence-electron chi connectivity index (χ2n) is 3.22. The second-order valence-corrected chi connectivity index (χ2v) is 5.63. The molecule has 0 saturated heterocycles. The minimum atomic E-state index is -0.663. The number of thiazole rings is 1. The third-order valence-corrected chi connectivity index (χ3v) is 3.31. The summed E-state index contributed by atoms with van der Waals surface area (Å²) in [5, 5.41) is 17.3. The number of rotatable bonds is 3. The molecule has 8 nitrogen and oxygen atoms in total. The first-order valence-corrected chi connectivity index (χ1v) is 6.19. The zero-order valence-corrected chi connectivity index (χ0v) is 11.4. The van der Waals surface area contributed by atoms with Crippen LogP contribution in [0.5, 0.6) is 0 Å². The van der Waals surface area contributed by atoms with Crippen LogP contribution in [0.1, 0.15) is 10.5 Å². The summed E-state index contributed by atoms with van der Waals surface area (Å²) in [6.07, 6.45) is 2.69. The van der Waals surface area contributed by atoms with Crippen LogP contribution in [0.2, 0.25) is 0 Å². The Morgan fingerprint density at radius 2 is 2.39 bits per heavy atom. The summed E-state index contributed by atoms with van der Waals surface area (Å²) >= 11 is 4.40. The van der Waals surface area contributed by atoms with E-state index in [1.54, 1.807) is 0 Å². The van der Waals surface area contributed by atoms with Gasteiger partial charge in [0.1, 0.15) is 6.20 Å². The molecule has 0 fully saturated rings. The fourth-order valence-electron chi connectivity index (χ4n) is 1.24. The molecular weight excluding hydrogens is 326 g/mol. The van der Waals surface area contributed by atoms with E-state index >= 15 is 0 Å². The Kier molecular flexibility index (Phi) is 3.39. The summed E-state index contributed by atoms with van der Waals surface area (Å²) < 4.78 is 1.96. The van der Waals surface area contributed by atoms with Gasteiger partial charge in [-0.1, -0.05) is 11.3 Å². The van der Waals surface area contributed by atoms with Crippen LogP contribution < -0.4 is 5.32 Å². The quantitative estimate of drug-likeness (QED) is 0.682. The highest BCUT2D eigenvalue weighted by Gasteiger charge is 2.25. The molecule has 0 spiro atoms. The van der Waals surface area contributed by atoms with E-state index in [1.165, 1.54) is 35.5 Å². The maximum atomic E-state index is 11.8. The van der Waals surface area contributed by atoms with Crippen molar-refractivity contribution in [2.24, 2.45) is 7.05 Å². The number of nitro groups is 1. The molecule has 0 aliphatic rings. The average molecular weight is 332 g/mol. The SMILES string of the molecule is Cn1cc([N+](=O)[O-])c(C(=O)Nc2ncc(Br)s2)n1. The third-order valence-electron chi connectivity index (χ3n) is 1.92. The summed E-state index contributed by atoms with van der Waals surface area (Å²) in [4.78, 5) is 25.8.